The molecule has 1 aromatic carbocycles. The van der Waals surface area contributed by atoms with Crippen LogP contribution in [-0.2, 0) is 11.2 Å². The van der Waals surface area contributed by atoms with Crippen molar-refractivity contribution in [2.45, 2.75) is 18.9 Å². The highest BCUT2D eigenvalue weighted by molar-refractivity contribution is 7.78. The van der Waals surface area contributed by atoms with E-state index < -0.39 is 5.97 Å². The van der Waals surface area contributed by atoms with E-state index in [1.54, 1.807) is 12.1 Å². The van der Waals surface area contributed by atoms with Gasteiger partial charge in [0.2, 0.25) is 0 Å². The third kappa shape index (κ3) is 4.30. The first-order chi connectivity index (χ1) is 12.1. The molecule has 3 rings (SSSR count). The second-order valence-electron chi connectivity index (χ2n) is 5.73. The monoisotopic (exact) mass is 357 g/mol. The molecule has 0 radical (unpaired) electrons. The maximum atomic E-state index is 12.2. The number of nitrogens with one attached hydrogen (secondary N) is 1. The van der Waals surface area contributed by atoms with Crippen LogP contribution in [0, 0.1) is 0 Å². The molecule has 6 nitrogen and oxygen atoms in total. The van der Waals surface area contributed by atoms with Crippen molar-refractivity contribution in [3.05, 3.63) is 65.5 Å². The number of ether oxygens (including phenoxy) is 1. The summed E-state index contributed by atoms with van der Waals surface area (Å²) < 4.78 is 6.36. The number of amides is 2. The lowest BCUT2D eigenvalue weighted by atomic mass is 10.1. The molecule has 1 heterocycles. The van der Waals surface area contributed by atoms with Crippen molar-refractivity contribution in [1.82, 2.24) is 14.6 Å². The first-order valence-electron chi connectivity index (χ1n) is 8.07. The van der Waals surface area contributed by atoms with Gasteiger partial charge >= 0.3 is 12.0 Å². The molecule has 1 atom stereocenters. The first kappa shape index (κ1) is 17.3. The fraction of sp³-hybridized carbons (Fsp3) is 0.278. The number of hydrogen-bond donors (Lipinski definition) is 2. The number of rotatable bonds is 5. The Morgan fingerprint density at radius 3 is 2.80 bits per heavy atom. The average molecular weight is 357 g/mol. The maximum absolute atomic E-state index is 12.2. The Morgan fingerprint density at radius 2 is 2.00 bits per heavy atom. The molecule has 1 aliphatic rings. The highest BCUT2D eigenvalue weighted by atomic mass is 32.1. The lowest BCUT2D eigenvalue weighted by molar-refractivity contribution is 0.0496. The zero-order valence-corrected chi connectivity index (χ0v) is 14.5. The van der Waals surface area contributed by atoms with Crippen LogP contribution in [0.1, 0.15) is 33.9 Å². The number of carbonyl (C=O) groups is 2. The molecule has 1 unspecified atom stereocenters. The van der Waals surface area contributed by atoms with Gasteiger partial charge in [-0.2, -0.15) is 0 Å². The third-order valence-corrected chi connectivity index (χ3v) is 4.50. The maximum Gasteiger partial charge on any atom is 0.338 e. The number of hydrogen-bond acceptors (Lipinski definition) is 5. The zero-order valence-electron chi connectivity index (χ0n) is 13.6. The van der Waals surface area contributed by atoms with Crippen LogP contribution >= 0.6 is 12.8 Å². The molecule has 0 saturated heterocycles. The van der Waals surface area contributed by atoms with Gasteiger partial charge in [0.1, 0.15) is 6.61 Å². The predicted octanol–water partition coefficient (Wildman–Crippen LogP) is 2.78. The summed E-state index contributed by atoms with van der Waals surface area (Å²) in [5, 5.41) is 2.97. The number of pyridine rings is 1. The first-order valence-corrected chi connectivity index (χ1v) is 8.47. The van der Waals surface area contributed by atoms with Crippen LogP contribution in [0.2, 0.25) is 0 Å². The van der Waals surface area contributed by atoms with Crippen LogP contribution in [0.15, 0.2) is 48.8 Å². The highest BCUT2D eigenvalue weighted by Crippen LogP contribution is 2.30. The predicted molar refractivity (Wildman–Crippen MR) is 96.2 cm³/mol. The van der Waals surface area contributed by atoms with Crippen molar-refractivity contribution < 1.29 is 14.3 Å². The Balaban J connectivity index is 1.45. The minimum Gasteiger partial charge on any atom is -0.460 e. The molecule has 0 aliphatic heterocycles. The third-order valence-electron chi connectivity index (χ3n) is 4.12. The molecule has 0 bridgehead atoms. The Morgan fingerprint density at radius 1 is 1.24 bits per heavy atom. The van der Waals surface area contributed by atoms with Gasteiger partial charge in [-0.05, 0) is 36.1 Å². The van der Waals surface area contributed by atoms with Gasteiger partial charge in [-0.15, -0.1) is 0 Å². The number of aromatic nitrogens is 1. The number of thiol groups is 1. The van der Waals surface area contributed by atoms with Crippen LogP contribution in [0.3, 0.4) is 0 Å². The van der Waals surface area contributed by atoms with Crippen LogP contribution in [0.25, 0.3) is 0 Å². The largest absolute Gasteiger partial charge is 0.460 e. The van der Waals surface area contributed by atoms with Crippen molar-refractivity contribution in [2.24, 2.45) is 0 Å². The number of nitrogens with zero attached hydrogens (tertiary/aromatic N) is 2. The molecule has 1 aromatic heterocycles. The molecule has 1 aliphatic carbocycles. The number of benzene rings is 1. The summed E-state index contributed by atoms with van der Waals surface area (Å²) in [7, 11) is 0. The van der Waals surface area contributed by atoms with Crippen LogP contribution in [0.5, 0.6) is 0 Å². The Labute approximate surface area is 151 Å². The Bertz CT molecular complexity index is 754. The number of urea groups is 1. The summed E-state index contributed by atoms with van der Waals surface area (Å²) in [5.74, 6) is -0.450. The molecular weight excluding hydrogens is 338 g/mol. The Kier molecular flexibility index (Phi) is 5.55. The van der Waals surface area contributed by atoms with Gasteiger partial charge in [-0.3, -0.25) is 9.29 Å². The van der Waals surface area contributed by atoms with E-state index in [4.69, 9.17) is 4.74 Å². The SMILES string of the molecule is O=C(OCCN(S)C(=O)NC1CCc2ccccc21)c1ccncc1. The molecule has 7 heteroatoms. The van der Waals surface area contributed by atoms with E-state index in [2.05, 4.69) is 29.2 Å². The quantitative estimate of drug-likeness (QED) is 0.638. The van der Waals surface area contributed by atoms with Crippen LogP contribution < -0.4 is 5.32 Å². The topological polar surface area (TPSA) is 71.5 Å². The van der Waals surface area contributed by atoms with E-state index in [0.29, 0.717) is 5.56 Å². The molecule has 2 amide bonds. The summed E-state index contributed by atoms with van der Waals surface area (Å²) in [5.41, 5.74) is 2.85. The van der Waals surface area contributed by atoms with E-state index in [1.807, 2.05) is 18.2 Å². The Hall–Kier alpha value is -2.54. The minimum atomic E-state index is -0.450. The van der Waals surface area contributed by atoms with Crippen molar-refractivity contribution in [2.75, 3.05) is 13.2 Å². The molecule has 2 aromatic rings. The number of fused-ring (bicyclic) bond motifs is 1. The fourth-order valence-electron chi connectivity index (χ4n) is 2.83. The summed E-state index contributed by atoms with van der Waals surface area (Å²) in [6.07, 6.45) is 4.88. The summed E-state index contributed by atoms with van der Waals surface area (Å²) in [4.78, 5) is 27.9. The van der Waals surface area contributed by atoms with E-state index in [0.717, 1.165) is 18.4 Å². The minimum absolute atomic E-state index is 0.00211. The normalized spacial score (nSPS) is 15.3. The fourth-order valence-corrected chi connectivity index (χ4v) is 2.97. The molecule has 1 N–H and O–H groups in total. The standard InChI is InChI=1S/C18H19N3O3S/c22-17(14-7-9-19-10-8-14)24-12-11-21(25)18(23)20-16-6-5-13-3-1-2-4-15(13)16/h1-4,7-10,16,25H,5-6,11-12H2,(H,20,23). The molecule has 0 spiro atoms. The van der Waals surface area contributed by atoms with Crippen molar-refractivity contribution >= 4 is 24.8 Å². The van der Waals surface area contributed by atoms with Crippen molar-refractivity contribution in [3.63, 3.8) is 0 Å². The molecule has 130 valence electrons. The second-order valence-corrected chi connectivity index (χ2v) is 6.22. The van der Waals surface area contributed by atoms with E-state index in [9.17, 15) is 9.59 Å². The van der Waals surface area contributed by atoms with E-state index in [-0.39, 0.29) is 25.2 Å². The second kappa shape index (κ2) is 8.02. The van der Waals surface area contributed by atoms with Crippen LogP contribution in [0.4, 0.5) is 4.79 Å². The van der Waals surface area contributed by atoms with Gasteiger partial charge in [0.15, 0.2) is 0 Å². The van der Waals surface area contributed by atoms with Gasteiger partial charge < -0.3 is 10.1 Å². The number of aryl methyl sites for hydroxylation is 1. The number of esters is 1. The summed E-state index contributed by atoms with van der Waals surface area (Å²) in [6, 6.07) is 10.9. The van der Waals surface area contributed by atoms with Gasteiger partial charge in [0, 0.05) is 12.4 Å². The van der Waals surface area contributed by atoms with Gasteiger partial charge in [0.05, 0.1) is 18.2 Å². The van der Waals surface area contributed by atoms with Gasteiger partial charge in [0.25, 0.3) is 0 Å². The number of carbonyl (C=O) groups excluding carboxylic acids is 2. The van der Waals surface area contributed by atoms with Crippen LogP contribution in [-0.4, -0.2) is 34.4 Å². The highest BCUT2D eigenvalue weighted by Gasteiger charge is 2.24. The molecule has 25 heavy (non-hydrogen) atoms. The van der Waals surface area contributed by atoms with Crippen molar-refractivity contribution in [1.29, 1.82) is 0 Å². The van der Waals surface area contributed by atoms with E-state index >= 15 is 0 Å². The van der Waals surface area contributed by atoms with Gasteiger partial charge in [-0.1, -0.05) is 37.1 Å². The molecule has 0 saturated carbocycles. The molecular formula is C18H19N3O3S. The smallest absolute Gasteiger partial charge is 0.338 e. The lowest BCUT2D eigenvalue weighted by Gasteiger charge is -2.20. The summed E-state index contributed by atoms with van der Waals surface area (Å²) >= 11 is 4.18. The van der Waals surface area contributed by atoms with Crippen molar-refractivity contribution in [3.8, 4) is 0 Å². The average Bonchev–Trinajstić information content (AvgIpc) is 3.05. The molecule has 0 fully saturated rings. The zero-order chi connectivity index (χ0) is 17.6. The lowest BCUT2D eigenvalue weighted by Crippen LogP contribution is -2.37. The summed E-state index contributed by atoms with van der Waals surface area (Å²) in [6.45, 7) is 0.263. The van der Waals surface area contributed by atoms with E-state index in [1.165, 1.54) is 22.3 Å². The van der Waals surface area contributed by atoms with Gasteiger partial charge in [-0.25, -0.2) is 9.59 Å².